The van der Waals surface area contributed by atoms with Crippen molar-refractivity contribution in [2.45, 2.75) is 6.92 Å². The maximum absolute atomic E-state index is 4.30. The molecule has 0 saturated heterocycles. The smallest absolute Gasteiger partial charge is 0.0650 e. The number of fused-ring (bicyclic) bond motifs is 1. The molecule has 1 N–H and O–H groups in total. The first kappa shape index (κ1) is 9.09. The number of nitrogens with one attached hydrogen (secondary N) is 1. The number of nitrogens with zero attached hydrogens (tertiary/aromatic N) is 2. The van der Waals surface area contributed by atoms with Crippen LogP contribution in [0.1, 0.15) is 5.69 Å². The number of pyridine rings is 1. The Morgan fingerprint density at radius 1 is 1.19 bits per heavy atom. The standard InChI is InChI=1S/C13H11N3/c1-9-12(3-2-6-14-9)10-4-5-13-11(7-10)8-15-16-13/h2-8H,1H3,(H,15,16). The Hall–Kier alpha value is -2.16. The van der Waals surface area contributed by atoms with E-state index in [1.54, 1.807) is 0 Å². The van der Waals surface area contributed by atoms with Crippen LogP contribution in [-0.4, -0.2) is 15.2 Å². The van der Waals surface area contributed by atoms with Crippen molar-refractivity contribution < 1.29 is 0 Å². The van der Waals surface area contributed by atoms with Gasteiger partial charge in [0.1, 0.15) is 0 Å². The first-order valence-electron chi connectivity index (χ1n) is 5.20. The van der Waals surface area contributed by atoms with Crippen molar-refractivity contribution in [1.29, 1.82) is 0 Å². The maximum atomic E-state index is 4.30. The van der Waals surface area contributed by atoms with Crippen molar-refractivity contribution >= 4 is 10.9 Å². The van der Waals surface area contributed by atoms with Crippen molar-refractivity contribution in [3.05, 3.63) is 48.4 Å². The predicted molar refractivity (Wildman–Crippen MR) is 64.1 cm³/mol. The lowest BCUT2D eigenvalue weighted by Gasteiger charge is -2.04. The van der Waals surface area contributed by atoms with E-state index in [2.05, 4.69) is 33.4 Å². The van der Waals surface area contributed by atoms with E-state index in [0.717, 1.165) is 16.6 Å². The van der Waals surface area contributed by atoms with Crippen LogP contribution in [0.15, 0.2) is 42.7 Å². The van der Waals surface area contributed by atoms with Crippen molar-refractivity contribution in [2.75, 3.05) is 0 Å². The molecule has 3 rings (SSSR count). The van der Waals surface area contributed by atoms with E-state index in [9.17, 15) is 0 Å². The van der Waals surface area contributed by atoms with E-state index in [1.807, 2.05) is 31.5 Å². The lowest BCUT2D eigenvalue weighted by atomic mass is 10.0. The molecular formula is C13H11N3. The van der Waals surface area contributed by atoms with Gasteiger partial charge in [-0.15, -0.1) is 0 Å². The molecule has 0 unspecified atom stereocenters. The normalized spacial score (nSPS) is 10.8. The van der Waals surface area contributed by atoms with Gasteiger partial charge in [-0.3, -0.25) is 10.1 Å². The minimum absolute atomic E-state index is 1.05. The minimum Gasteiger partial charge on any atom is -0.278 e. The quantitative estimate of drug-likeness (QED) is 0.669. The van der Waals surface area contributed by atoms with Crippen molar-refractivity contribution in [3.8, 4) is 11.1 Å². The van der Waals surface area contributed by atoms with Crippen LogP contribution in [-0.2, 0) is 0 Å². The van der Waals surface area contributed by atoms with E-state index in [0.29, 0.717) is 0 Å². The maximum Gasteiger partial charge on any atom is 0.0650 e. The number of benzene rings is 1. The monoisotopic (exact) mass is 209 g/mol. The number of rotatable bonds is 1. The van der Waals surface area contributed by atoms with Crippen LogP contribution < -0.4 is 0 Å². The summed E-state index contributed by atoms with van der Waals surface area (Å²) >= 11 is 0. The molecule has 0 aliphatic carbocycles. The average molecular weight is 209 g/mol. The molecular weight excluding hydrogens is 198 g/mol. The third-order valence-electron chi connectivity index (χ3n) is 2.76. The molecule has 0 fully saturated rings. The number of aryl methyl sites for hydroxylation is 1. The summed E-state index contributed by atoms with van der Waals surface area (Å²) in [5, 5.41) is 8.09. The number of aromatic nitrogens is 3. The second kappa shape index (κ2) is 3.45. The molecule has 78 valence electrons. The van der Waals surface area contributed by atoms with Gasteiger partial charge in [0.25, 0.3) is 0 Å². The van der Waals surface area contributed by atoms with Crippen molar-refractivity contribution in [1.82, 2.24) is 15.2 Å². The van der Waals surface area contributed by atoms with Gasteiger partial charge in [-0.1, -0.05) is 12.1 Å². The second-order valence-electron chi connectivity index (χ2n) is 3.81. The Morgan fingerprint density at radius 3 is 3.00 bits per heavy atom. The molecule has 0 saturated carbocycles. The molecule has 3 aromatic rings. The second-order valence-corrected chi connectivity index (χ2v) is 3.81. The Kier molecular flexibility index (Phi) is 1.96. The van der Waals surface area contributed by atoms with Crippen LogP contribution in [0.5, 0.6) is 0 Å². The van der Waals surface area contributed by atoms with Crippen molar-refractivity contribution in [3.63, 3.8) is 0 Å². The van der Waals surface area contributed by atoms with Gasteiger partial charge in [0.05, 0.1) is 11.7 Å². The summed E-state index contributed by atoms with van der Waals surface area (Å²) in [6, 6.07) is 10.3. The summed E-state index contributed by atoms with van der Waals surface area (Å²) in [5.41, 5.74) is 4.46. The third-order valence-corrected chi connectivity index (χ3v) is 2.76. The molecule has 2 aromatic heterocycles. The van der Waals surface area contributed by atoms with Gasteiger partial charge in [0.15, 0.2) is 0 Å². The topological polar surface area (TPSA) is 41.6 Å². The molecule has 0 aliphatic rings. The molecule has 2 heterocycles. The Bertz CT molecular complexity index is 640. The molecule has 0 radical (unpaired) electrons. The van der Waals surface area contributed by atoms with Gasteiger partial charge in [0, 0.05) is 22.8 Å². The van der Waals surface area contributed by atoms with Crippen molar-refractivity contribution in [2.24, 2.45) is 0 Å². The summed E-state index contributed by atoms with van der Waals surface area (Å²) in [6.07, 6.45) is 3.65. The summed E-state index contributed by atoms with van der Waals surface area (Å²) < 4.78 is 0. The van der Waals surface area contributed by atoms with Gasteiger partial charge in [0.2, 0.25) is 0 Å². The fourth-order valence-corrected chi connectivity index (χ4v) is 1.90. The van der Waals surface area contributed by atoms with Crippen LogP contribution in [0.3, 0.4) is 0 Å². The van der Waals surface area contributed by atoms with E-state index in [4.69, 9.17) is 0 Å². The number of aromatic amines is 1. The fraction of sp³-hybridized carbons (Fsp3) is 0.0769. The number of hydrogen-bond acceptors (Lipinski definition) is 2. The summed E-state index contributed by atoms with van der Waals surface area (Å²) in [5.74, 6) is 0. The van der Waals surface area contributed by atoms with Gasteiger partial charge in [-0.05, 0) is 30.7 Å². The zero-order valence-electron chi connectivity index (χ0n) is 8.94. The van der Waals surface area contributed by atoms with Gasteiger partial charge >= 0.3 is 0 Å². The van der Waals surface area contributed by atoms with Crippen LogP contribution in [0.25, 0.3) is 22.0 Å². The molecule has 16 heavy (non-hydrogen) atoms. The number of hydrogen-bond donors (Lipinski definition) is 1. The highest BCUT2D eigenvalue weighted by Gasteiger charge is 2.03. The highest BCUT2D eigenvalue weighted by atomic mass is 15.1. The first-order chi connectivity index (χ1) is 7.84. The molecule has 0 spiro atoms. The van der Waals surface area contributed by atoms with E-state index in [-0.39, 0.29) is 0 Å². The molecule has 3 heteroatoms. The van der Waals surface area contributed by atoms with Crippen LogP contribution in [0.2, 0.25) is 0 Å². The highest BCUT2D eigenvalue weighted by molar-refractivity contribution is 5.84. The summed E-state index contributed by atoms with van der Waals surface area (Å²) in [6.45, 7) is 2.02. The summed E-state index contributed by atoms with van der Waals surface area (Å²) in [4.78, 5) is 4.30. The fourth-order valence-electron chi connectivity index (χ4n) is 1.90. The molecule has 0 bridgehead atoms. The number of H-pyrrole nitrogens is 1. The molecule has 3 nitrogen and oxygen atoms in total. The van der Waals surface area contributed by atoms with E-state index < -0.39 is 0 Å². The molecule has 0 amide bonds. The predicted octanol–water partition coefficient (Wildman–Crippen LogP) is 2.93. The average Bonchev–Trinajstić information content (AvgIpc) is 2.76. The lowest BCUT2D eigenvalue weighted by Crippen LogP contribution is -1.85. The SMILES string of the molecule is Cc1ncccc1-c1ccc2[nH]ncc2c1. The Morgan fingerprint density at radius 2 is 2.12 bits per heavy atom. The zero-order chi connectivity index (χ0) is 11.0. The van der Waals surface area contributed by atoms with Crippen LogP contribution >= 0.6 is 0 Å². The van der Waals surface area contributed by atoms with Gasteiger partial charge in [-0.2, -0.15) is 5.10 Å². The first-order valence-corrected chi connectivity index (χ1v) is 5.20. The molecule has 0 atom stereocenters. The largest absolute Gasteiger partial charge is 0.278 e. The van der Waals surface area contributed by atoms with E-state index in [1.165, 1.54) is 11.1 Å². The zero-order valence-corrected chi connectivity index (χ0v) is 8.94. The summed E-state index contributed by atoms with van der Waals surface area (Å²) in [7, 11) is 0. The van der Waals surface area contributed by atoms with E-state index >= 15 is 0 Å². The highest BCUT2D eigenvalue weighted by Crippen LogP contribution is 2.24. The van der Waals surface area contributed by atoms with Crippen LogP contribution in [0.4, 0.5) is 0 Å². The van der Waals surface area contributed by atoms with Crippen LogP contribution in [0, 0.1) is 6.92 Å². The Balaban J connectivity index is 2.22. The van der Waals surface area contributed by atoms with Gasteiger partial charge < -0.3 is 0 Å². The molecule has 0 aliphatic heterocycles. The molecule has 1 aromatic carbocycles. The minimum atomic E-state index is 1.05. The Labute approximate surface area is 93.2 Å². The van der Waals surface area contributed by atoms with Gasteiger partial charge in [-0.25, -0.2) is 0 Å². The lowest BCUT2D eigenvalue weighted by molar-refractivity contribution is 1.12. The third kappa shape index (κ3) is 1.37.